The largest absolute Gasteiger partial charge is 0.296 e. The van der Waals surface area contributed by atoms with Crippen LogP contribution in [0.2, 0.25) is 0 Å². The maximum absolute atomic E-state index is 10.9. The van der Waals surface area contributed by atoms with Gasteiger partial charge in [-0.3, -0.25) is 19.7 Å². The van der Waals surface area contributed by atoms with Crippen LogP contribution in [0.15, 0.2) is 18.2 Å². The van der Waals surface area contributed by atoms with Gasteiger partial charge in [0.05, 0.1) is 12.2 Å². The van der Waals surface area contributed by atoms with Crippen LogP contribution in [0.3, 0.4) is 0 Å². The molecule has 2 N–H and O–H groups in total. The van der Waals surface area contributed by atoms with Gasteiger partial charge in [-0.25, -0.2) is 10.5 Å². The van der Waals surface area contributed by atoms with E-state index in [9.17, 15) is 9.59 Å². The number of carbonyl (C=O) groups excluding carboxylic acids is 2. The Morgan fingerprint density at radius 2 is 2.38 bits per heavy atom. The van der Waals surface area contributed by atoms with E-state index in [4.69, 9.17) is 5.21 Å². The van der Waals surface area contributed by atoms with Crippen molar-refractivity contribution in [1.82, 2.24) is 15.4 Å². The molecule has 16 heavy (non-hydrogen) atoms. The molecule has 0 saturated heterocycles. The lowest BCUT2D eigenvalue weighted by atomic mass is 10.3. The number of amides is 1. The monoisotopic (exact) mass is 223 g/mol. The van der Waals surface area contributed by atoms with Crippen LogP contribution in [0.1, 0.15) is 16.2 Å². The summed E-state index contributed by atoms with van der Waals surface area (Å²) in [5, 5.41) is 8.34. The molecule has 1 rings (SSSR count). The number of nitrogens with one attached hydrogen (secondary N) is 1. The van der Waals surface area contributed by atoms with Gasteiger partial charge in [0.1, 0.15) is 5.69 Å². The summed E-state index contributed by atoms with van der Waals surface area (Å²) in [5.41, 5.74) is 2.60. The molecule has 0 fully saturated rings. The van der Waals surface area contributed by atoms with E-state index >= 15 is 0 Å². The molecule has 1 amide bonds. The maximum atomic E-state index is 10.9. The highest BCUT2D eigenvalue weighted by atomic mass is 16.5. The number of likely N-dealkylation sites (N-methyl/N-ethyl adjacent to an activating group) is 1. The fourth-order valence-electron chi connectivity index (χ4n) is 1.26. The molecule has 1 aromatic rings. The van der Waals surface area contributed by atoms with E-state index in [2.05, 4.69) is 4.98 Å². The quantitative estimate of drug-likeness (QED) is 0.411. The Balaban J connectivity index is 2.58. The van der Waals surface area contributed by atoms with Crippen LogP contribution in [0.4, 0.5) is 0 Å². The second-order valence-corrected chi connectivity index (χ2v) is 3.38. The number of aromatic nitrogens is 1. The van der Waals surface area contributed by atoms with Crippen molar-refractivity contribution in [3.63, 3.8) is 0 Å². The van der Waals surface area contributed by atoms with Crippen molar-refractivity contribution < 1.29 is 14.8 Å². The summed E-state index contributed by atoms with van der Waals surface area (Å²) in [7, 11) is 1.71. The lowest BCUT2D eigenvalue weighted by Gasteiger charge is -2.14. The molecule has 6 heteroatoms. The molecule has 0 aliphatic rings. The highest BCUT2D eigenvalue weighted by Crippen LogP contribution is 2.00. The third kappa shape index (κ3) is 3.76. The molecule has 1 heterocycles. The SMILES string of the molecule is CN(CC(=O)NO)Cc1cccc(C=O)n1. The van der Waals surface area contributed by atoms with Crippen LogP contribution in [0, 0.1) is 0 Å². The number of carbonyl (C=O) groups is 2. The Hall–Kier alpha value is -1.79. The average Bonchev–Trinajstić information content (AvgIpc) is 2.28. The summed E-state index contributed by atoms with van der Waals surface area (Å²) in [5.74, 6) is -0.492. The molecule has 0 bridgehead atoms. The Bertz CT molecular complexity index is 381. The Kier molecular flexibility index (Phi) is 4.56. The third-order valence-electron chi connectivity index (χ3n) is 1.92. The van der Waals surface area contributed by atoms with Crippen LogP contribution < -0.4 is 5.48 Å². The molecule has 6 nitrogen and oxygen atoms in total. The van der Waals surface area contributed by atoms with Gasteiger partial charge in [-0.15, -0.1) is 0 Å². The molecule has 0 spiro atoms. The number of hydrogen-bond acceptors (Lipinski definition) is 5. The molecule has 1 aromatic heterocycles. The van der Waals surface area contributed by atoms with Crippen LogP contribution in [-0.4, -0.2) is 40.9 Å². The molecule has 86 valence electrons. The summed E-state index contributed by atoms with van der Waals surface area (Å²) < 4.78 is 0. The lowest BCUT2D eigenvalue weighted by molar-refractivity contribution is -0.130. The van der Waals surface area contributed by atoms with Gasteiger partial charge in [0.2, 0.25) is 0 Å². The first-order valence-electron chi connectivity index (χ1n) is 4.68. The normalized spacial score (nSPS) is 10.2. The zero-order valence-corrected chi connectivity index (χ0v) is 8.88. The minimum atomic E-state index is -0.492. The van der Waals surface area contributed by atoms with Crippen molar-refractivity contribution in [2.45, 2.75) is 6.54 Å². The molecule has 0 aromatic carbocycles. The summed E-state index contributed by atoms with van der Waals surface area (Å²) in [6, 6.07) is 5.10. The van der Waals surface area contributed by atoms with E-state index in [1.807, 2.05) is 0 Å². The van der Waals surface area contributed by atoms with Gasteiger partial charge < -0.3 is 0 Å². The number of hydroxylamine groups is 1. The van der Waals surface area contributed by atoms with Crippen molar-refractivity contribution >= 4 is 12.2 Å². The van der Waals surface area contributed by atoms with Crippen molar-refractivity contribution in [3.05, 3.63) is 29.6 Å². The van der Waals surface area contributed by atoms with Gasteiger partial charge in [0, 0.05) is 6.54 Å². The second kappa shape index (κ2) is 5.94. The third-order valence-corrected chi connectivity index (χ3v) is 1.92. The van der Waals surface area contributed by atoms with E-state index in [0.29, 0.717) is 24.2 Å². The highest BCUT2D eigenvalue weighted by molar-refractivity contribution is 5.76. The van der Waals surface area contributed by atoms with E-state index in [1.165, 1.54) is 0 Å². The Labute approximate surface area is 92.9 Å². The van der Waals surface area contributed by atoms with Gasteiger partial charge in [-0.2, -0.15) is 0 Å². The van der Waals surface area contributed by atoms with Crippen molar-refractivity contribution in [2.75, 3.05) is 13.6 Å². The minimum Gasteiger partial charge on any atom is -0.296 e. The second-order valence-electron chi connectivity index (χ2n) is 3.38. The molecule has 0 saturated carbocycles. The van der Waals surface area contributed by atoms with Crippen molar-refractivity contribution in [2.24, 2.45) is 0 Å². The molecule has 0 unspecified atom stereocenters. The molecule has 0 atom stereocenters. The number of pyridine rings is 1. The first-order chi connectivity index (χ1) is 7.65. The average molecular weight is 223 g/mol. The topological polar surface area (TPSA) is 82.5 Å². The zero-order chi connectivity index (χ0) is 12.0. The summed E-state index contributed by atoms with van der Waals surface area (Å²) in [4.78, 5) is 27.1. The number of nitrogens with zero attached hydrogens (tertiary/aromatic N) is 2. The van der Waals surface area contributed by atoms with Crippen molar-refractivity contribution in [3.8, 4) is 0 Å². The van der Waals surface area contributed by atoms with E-state index in [1.54, 1.807) is 35.6 Å². The standard InChI is InChI=1S/C10H13N3O3/c1-13(6-10(15)12-16)5-8-3-2-4-9(7-14)11-8/h2-4,7,16H,5-6H2,1H3,(H,12,15). The fourth-order valence-corrected chi connectivity index (χ4v) is 1.26. The summed E-state index contributed by atoms with van der Waals surface area (Å²) >= 11 is 0. The smallest absolute Gasteiger partial charge is 0.257 e. The van der Waals surface area contributed by atoms with Gasteiger partial charge in [0.25, 0.3) is 5.91 Å². The maximum Gasteiger partial charge on any atom is 0.257 e. The van der Waals surface area contributed by atoms with Crippen LogP contribution in [0.5, 0.6) is 0 Å². The predicted octanol–water partition coefficient (Wildman–Crippen LogP) is -0.169. The van der Waals surface area contributed by atoms with Crippen molar-refractivity contribution in [1.29, 1.82) is 0 Å². The molecule has 0 aliphatic carbocycles. The van der Waals surface area contributed by atoms with Gasteiger partial charge in [0.15, 0.2) is 6.29 Å². The number of aldehydes is 1. The molecular formula is C10H13N3O3. The first kappa shape index (κ1) is 12.3. The van der Waals surface area contributed by atoms with Gasteiger partial charge >= 0.3 is 0 Å². The van der Waals surface area contributed by atoms with E-state index in [0.717, 1.165) is 0 Å². The predicted molar refractivity (Wildman–Crippen MR) is 55.9 cm³/mol. The van der Waals surface area contributed by atoms with Crippen LogP contribution >= 0.6 is 0 Å². The van der Waals surface area contributed by atoms with Crippen LogP contribution in [-0.2, 0) is 11.3 Å². The first-order valence-corrected chi connectivity index (χ1v) is 4.68. The van der Waals surface area contributed by atoms with E-state index < -0.39 is 5.91 Å². The molecule has 0 radical (unpaired) electrons. The van der Waals surface area contributed by atoms with Gasteiger partial charge in [-0.1, -0.05) is 6.07 Å². The number of hydrogen-bond donors (Lipinski definition) is 2. The summed E-state index contributed by atoms with van der Waals surface area (Å²) in [6.07, 6.45) is 0.671. The highest BCUT2D eigenvalue weighted by Gasteiger charge is 2.06. The van der Waals surface area contributed by atoms with E-state index in [-0.39, 0.29) is 6.54 Å². The lowest BCUT2D eigenvalue weighted by Crippen LogP contribution is -2.33. The van der Waals surface area contributed by atoms with Gasteiger partial charge in [-0.05, 0) is 19.2 Å². The number of rotatable bonds is 5. The summed E-state index contributed by atoms with van der Waals surface area (Å²) in [6.45, 7) is 0.485. The van der Waals surface area contributed by atoms with Crippen LogP contribution in [0.25, 0.3) is 0 Å². The molecule has 0 aliphatic heterocycles. The molecular weight excluding hydrogens is 210 g/mol. The zero-order valence-electron chi connectivity index (χ0n) is 8.88. The minimum absolute atomic E-state index is 0.0590. The Morgan fingerprint density at radius 3 is 3.00 bits per heavy atom. The fraction of sp³-hybridized carbons (Fsp3) is 0.300. The Morgan fingerprint density at radius 1 is 1.62 bits per heavy atom.